The van der Waals surface area contributed by atoms with Crippen LogP contribution in [0.2, 0.25) is 5.15 Å². The van der Waals surface area contributed by atoms with Gasteiger partial charge in [0.15, 0.2) is 0 Å². The fourth-order valence-corrected chi connectivity index (χ4v) is 2.34. The lowest BCUT2D eigenvalue weighted by molar-refractivity contribution is -0.0188. The van der Waals surface area contributed by atoms with E-state index in [-0.39, 0.29) is 6.61 Å². The lowest BCUT2D eigenvalue weighted by Gasteiger charge is -2.30. The summed E-state index contributed by atoms with van der Waals surface area (Å²) in [6, 6.07) is 1.71. The zero-order chi connectivity index (χ0) is 15.3. The van der Waals surface area contributed by atoms with Crippen molar-refractivity contribution in [2.45, 2.75) is 39.7 Å². The minimum Gasteiger partial charge on any atom is -0.488 e. The number of primary amides is 1. The highest BCUT2D eigenvalue weighted by atomic mass is 35.5. The summed E-state index contributed by atoms with van der Waals surface area (Å²) in [4.78, 5) is 15.0. The molecule has 0 spiro atoms. The summed E-state index contributed by atoms with van der Waals surface area (Å²) in [6.45, 7) is 7.96. The van der Waals surface area contributed by atoms with Crippen molar-refractivity contribution in [1.29, 1.82) is 0 Å². The van der Waals surface area contributed by atoms with Crippen LogP contribution in [0.15, 0.2) is 12.3 Å². The molecule has 1 atom stereocenters. The molecule has 0 aliphatic carbocycles. The molecule has 1 unspecified atom stereocenters. The van der Waals surface area contributed by atoms with Crippen LogP contribution in [-0.2, 0) is 4.74 Å². The van der Waals surface area contributed by atoms with E-state index in [4.69, 9.17) is 26.8 Å². The molecule has 20 heavy (non-hydrogen) atoms. The Kier molecular flexibility index (Phi) is 5.62. The second kappa shape index (κ2) is 6.79. The van der Waals surface area contributed by atoms with Crippen molar-refractivity contribution < 1.29 is 14.3 Å². The van der Waals surface area contributed by atoms with Crippen LogP contribution in [0.4, 0.5) is 4.79 Å². The van der Waals surface area contributed by atoms with E-state index in [9.17, 15) is 4.79 Å². The molecule has 1 aromatic rings. The van der Waals surface area contributed by atoms with E-state index in [2.05, 4.69) is 4.98 Å². The highest BCUT2D eigenvalue weighted by Gasteiger charge is 2.30. The van der Waals surface area contributed by atoms with Crippen molar-refractivity contribution in [1.82, 2.24) is 4.98 Å². The van der Waals surface area contributed by atoms with Gasteiger partial charge in [-0.05, 0) is 37.8 Å². The largest absolute Gasteiger partial charge is 0.488 e. The molecular weight excluding hydrogens is 280 g/mol. The van der Waals surface area contributed by atoms with E-state index in [0.717, 1.165) is 5.56 Å². The number of carbonyl (C=O) groups excluding carboxylic acids is 1. The number of ether oxygens (including phenoxy) is 2. The molecule has 1 amide bonds. The van der Waals surface area contributed by atoms with Crippen LogP contribution < -0.4 is 10.5 Å². The summed E-state index contributed by atoms with van der Waals surface area (Å²) < 4.78 is 10.9. The molecule has 0 aliphatic heterocycles. The van der Waals surface area contributed by atoms with Gasteiger partial charge in [-0.2, -0.15) is 0 Å². The number of carbonyl (C=O) groups is 1. The van der Waals surface area contributed by atoms with Crippen molar-refractivity contribution >= 4 is 17.7 Å². The quantitative estimate of drug-likeness (QED) is 0.818. The molecule has 112 valence electrons. The van der Waals surface area contributed by atoms with Gasteiger partial charge < -0.3 is 15.2 Å². The van der Waals surface area contributed by atoms with Crippen molar-refractivity contribution in [3.8, 4) is 5.75 Å². The van der Waals surface area contributed by atoms with Gasteiger partial charge in [0.25, 0.3) is 0 Å². The van der Waals surface area contributed by atoms with Crippen LogP contribution in [0.3, 0.4) is 0 Å². The summed E-state index contributed by atoms with van der Waals surface area (Å²) >= 11 is 5.79. The van der Waals surface area contributed by atoms with E-state index in [1.54, 1.807) is 19.2 Å². The Morgan fingerprint density at radius 2 is 2.20 bits per heavy atom. The highest BCUT2D eigenvalue weighted by molar-refractivity contribution is 6.29. The second-order valence-corrected chi connectivity index (χ2v) is 5.92. The predicted octanol–water partition coefficient (Wildman–Crippen LogP) is 3.32. The first-order valence-corrected chi connectivity index (χ1v) is 6.83. The van der Waals surface area contributed by atoms with Gasteiger partial charge in [0.2, 0.25) is 0 Å². The zero-order valence-corrected chi connectivity index (χ0v) is 13.0. The molecule has 1 aromatic heterocycles. The standard InChI is InChI=1S/C14H21ClN2O3/c1-9(2)6-14(4,20-13(16)18)8-19-11-7-17-12(15)5-10(11)3/h5,7,9H,6,8H2,1-4H3,(H2,16,18). The molecule has 0 saturated heterocycles. The molecule has 0 saturated carbocycles. The van der Waals surface area contributed by atoms with Gasteiger partial charge in [0, 0.05) is 0 Å². The summed E-state index contributed by atoms with van der Waals surface area (Å²) in [5.41, 5.74) is 5.23. The normalized spacial score (nSPS) is 13.9. The first-order valence-electron chi connectivity index (χ1n) is 6.45. The molecule has 2 N–H and O–H groups in total. The predicted molar refractivity (Wildman–Crippen MR) is 78.0 cm³/mol. The topological polar surface area (TPSA) is 74.4 Å². The molecule has 0 aromatic carbocycles. The molecule has 0 radical (unpaired) electrons. The van der Waals surface area contributed by atoms with Crippen LogP contribution in [0.1, 0.15) is 32.8 Å². The molecule has 0 bridgehead atoms. The number of nitrogens with zero attached hydrogens (tertiary/aromatic N) is 1. The first kappa shape index (κ1) is 16.6. The Hall–Kier alpha value is -1.49. The molecule has 0 fully saturated rings. The minimum atomic E-state index is -0.803. The summed E-state index contributed by atoms with van der Waals surface area (Å²) in [5, 5.41) is 0.410. The number of rotatable bonds is 6. The number of aromatic nitrogens is 1. The number of amides is 1. The van der Waals surface area contributed by atoms with E-state index in [0.29, 0.717) is 23.2 Å². The van der Waals surface area contributed by atoms with Crippen LogP contribution in [0.25, 0.3) is 0 Å². The average Bonchev–Trinajstić information content (AvgIpc) is 2.25. The zero-order valence-electron chi connectivity index (χ0n) is 12.3. The van der Waals surface area contributed by atoms with E-state index in [1.165, 1.54) is 0 Å². The summed E-state index contributed by atoms with van der Waals surface area (Å²) in [5.74, 6) is 0.949. The Balaban J connectivity index is 2.77. The number of halogens is 1. The molecule has 1 rings (SSSR count). The fraction of sp³-hybridized carbons (Fsp3) is 0.571. The van der Waals surface area contributed by atoms with Crippen LogP contribution in [0, 0.1) is 12.8 Å². The number of pyridine rings is 1. The third-order valence-corrected chi connectivity index (χ3v) is 2.96. The lowest BCUT2D eigenvalue weighted by Crippen LogP contribution is -2.41. The highest BCUT2D eigenvalue weighted by Crippen LogP contribution is 2.25. The minimum absolute atomic E-state index is 0.207. The van der Waals surface area contributed by atoms with Gasteiger partial charge in [-0.15, -0.1) is 0 Å². The summed E-state index contributed by atoms with van der Waals surface area (Å²) in [7, 11) is 0. The van der Waals surface area contributed by atoms with Crippen molar-refractivity contribution in [2.75, 3.05) is 6.61 Å². The smallest absolute Gasteiger partial charge is 0.405 e. The van der Waals surface area contributed by atoms with Gasteiger partial charge in [0.1, 0.15) is 23.1 Å². The molecule has 0 aliphatic rings. The van der Waals surface area contributed by atoms with Gasteiger partial charge in [0.05, 0.1) is 6.20 Å². The van der Waals surface area contributed by atoms with E-state index in [1.807, 2.05) is 20.8 Å². The Bertz CT molecular complexity index is 479. The maximum absolute atomic E-state index is 11.0. The number of hydrogen-bond acceptors (Lipinski definition) is 4. The third-order valence-electron chi connectivity index (χ3n) is 2.75. The van der Waals surface area contributed by atoms with Gasteiger partial charge >= 0.3 is 6.09 Å². The van der Waals surface area contributed by atoms with Crippen LogP contribution in [-0.4, -0.2) is 23.3 Å². The van der Waals surface area contributed by atoms with Gasteiger partial charge in [-0.3, -0.25) is 0 Å². The van der Waals surface area contributed by atoms with Crippen LogP contribution >= 0.6 is 11.6 Å². The first-order chi connectivity index (χ1) is 9.22. The third kappa shape index (κ3) is 5.25. The monoisotopic (exact) mass is 300 g/mol. The van der Waals surface area contributed by atoms with Gasteiger partial charge in [-0.25, -0.2) is 9.78 Å². The fourth-order valence-electron chi connectivity index (χ4n) is 2.13. The number of aryl methyl sites for hydroxylation is 1. The maximum Gasteiger partial charge on any atom is 0.405 e. The van der Waals surface area contributed by atoms with Gasteiger partial charge in [-0.1, -0.05) is 25.4 Å². The number of hydrogen-bond donors (Lipinski definition) is 1. The molecular formula is C14H21ClN2O3. The molecule has 5 nitrogen and oxygen atoms in total. The van der Waals surface area contributed by atoms with Crippen molar-refractivity contribution in [3.63, 3.8) is 0 Å². The SMILES string of the molecule is Cc1cc(Cl)ncc1OCC(C)(CC(C)C)OC(N)=O. The Morgan fingerprint density at radius 3 is 2.70 bits per heavy atom. The maximum atomic E-state index is 11.0. The lowest BCUT2D eigenvalue weighted by atomic mass is 9.95. The second-order valence-electron chi connectivity index (χ2n) is 5.53. The molecule has 6 heteroatoms. The average molecular weight is 301 g/mol. The van der Waals surface area contributed by atoms with Crippen molar-refractivity contribution in [3.05, 3.63) is 23.0 Å². The van der Waals surface area contributed by atoms with E-state index < -0.39 is 11.7 Å². The van der Waals surface area contributed by atoms with Crippen molar-refractivity contribution in [2.24, 2.45) is 11.7 Å². The number of nitrogens with two attached hydrogens (primary N) is 1. The Labute approximate surface area is 124 Å². The Morgan fingerprint density at radius 1 is 1.55 bits per heavy atom. The molecule has 1 heterocycles. The van der Waals surface area contributed by atoms with Crippen LogP contribution in [0.5, 0.6) is 5.75 Å². The van der Waals surface area contributed by atoms with E-state index >= 15 is 0 Å². The summed E-state index contributed by atoms with van der Waals surface area (Å²) in [6.07, 6.45) is 1.40.